The third-order valence-corrected chi connectivity index (χ3v) is 9.48. The van der Waals surface area contributed by atoms with Crippen molar-refractivity contribution in [2.45, 2.75) is 110 Å². The smallest absolute Gasteiger partial charge is 0.241 e. The Morgan fingerprint density at radius 3 is 1.50 bits per heavy atom. The molecule has 0 aliphatic carbocycles. The van der Waals surface area contributed by atoms with Crippen LogP contribution in [0.3, 0.4) is 0 Å². The molecule has 0 radical (unpaired) electrons. The Hall–Kier alpha value is -3.68. The summed E-state index contributed by atoms with van der Waals surface area (Å²) in [4.78, 5) is 31.6. The fraction of sp³-hybridized carbons (Fsp3) is 0.487. The monoisotopic (exact) mass is 624 g/mol. The van der Waals surface area contributed by atoms with E-state index < -0.39 is 0 Å². The number of para-hydroxylation sites is 2. The first kappa shape index (κ1) is 33.7. The minimum Gasteiger partial charge on any atom is -0.507 e. The summed E-state index contributed by atoms with van der Waals surface area (Å²) >= 11 is 0. The van der Waals surface area contributed by atoms with Gasteiger partial charge >= 0.3 is 0 Å². The highest BCUT2D eigenvalue weighted by Gasteiger charge is 2.34. The van der Waals surface area contributed by atoms with Crippen molar-refractivity contribution >= 4 is 23.2 Å². The zero-order valence-corrected chi connectivity index (χ0v) is 28.7. The Labute approximate surface area is 275 Å². The van der Waals surface area contributed by atoms with E-state index >= 15 is 0 Å². The van der Waals surface area contributed by atoms with E-state index in [2.05, 4.69) is 74.1 Å². The number of hydrogen-bond acceptors (Lipinski definition) is 5. The number of benzene rings is 3. The first-order chi connectivity index (χ1) is 21.7. The fourth-order valence-electron chi connectivity index (χ4n) is 7.16. The molecule has 2 aliphatic rings. The van der Waals surface area contributed by atoms with Gasteiger partial charge in [0.05, 0.1) is 12.1 Å². The highest BCUT2D eigenvalue weighted by molar-refractivity contribution is 5.96. The van der Waals surface area contributed by atoms with E-state index in [0.717, 1.165) is 78.0 Å². The predicted octanol–water partition coefficient (Wildman–Crippen LogP) is 7.50. The summed E-state index contributed by atoms with van der Waals surface area (Å²) in [5.74, 6) is 0.264. The number of amides is 2. The number of phenolic OH excluding ortho intramolecular Hbond substituents is 1. The number of carbonyl (C=O) groups excluding carboxylic acids is 2. The molecular formula is C39H52N4O3. The maximum Gasteiger partial charge on any atom is 0.241 e. The summed E-state index contributed by atoms with van der Waals surface area (Å²) in [5, 5.41) is 18.0. The molecule has 5 rings (SSSR count). The second kappa shape index (κ2) is 13.6. The minimum absolute atomic E-state index is 0.000483. The van der Waals surface area contributed by atoms with Crippen LogP contribution in [0.4, 0.5) is 11.4 Å². The van der Waals surface area contributed by atoms with Gasteiger partial charge in [-0.2, -0.15) is 0 Å². The van der Waals surface area contributed by atoms with Gasteiger partial charge in [-0.05, 0) is 79.8 Å². The Balaban J connectivity index is 1.29. The van der Waals surface area contributed by atoms with Gasteiger partial charge < -0.3 is 15.7 Å². The van der Waals surface area contributed by atoms with Crippen LogP contribution in [0, 0.1) is 6.92 Å². The van der Waals surface area contributed by atoms with E-state index in [1.165, 1.54) is 0 Å². The maximum absolute atomic E-state index is 13.6. The molecule has 2 fully saturated rings. The molecule has 3 N–H and O–H groups in total. The van der Waals surface area contributed by atoms with Gasteiger partial charge in [0.25, 0.3) is 0 Å². The molecule has 7 nitrogen and oxygen atoms in total. The molecule has 3 aromatic carbocycles. The van der Waals surface area contributed by atoms with Crippen LogP contribution < -0.4 is 10.6 Å². The topological polar surface area (TPSA) is 84.9 Å². The van der Waals surface area contributed by atoms with E-state index in [1.54, 1.807) is 0 Å². The lowest BCUT2D eigenvalue weighted by molar-refractivity contribution is -0.121. The van der Waals surface area contributed by atoms with Crippen LogP contribution in [0.25, 0.3) is 0 Å². The number of rotatable bonds is 8. The number of phenols is 1. The van der Waals surface area contributed by atoms with Gasteiger partial charge in [0.15, 0.2) is 0 Å². The Bertz CT molecular complexity index is 1460. The third kappa shape index (κ3) is 7.64. The van der Waals surface area contributed by atoms with Gasteiger partial charge in [0, 0.05) is 35.6 Å². The first-order valence-corrected chi connectivity index (χ1v) is 16.8. The molecule has 2 saturated heterocycles. The zero-order valence-electron chi connectivity index (χ0n) is 28.7. The summed E-state index contributed by atoms with van der Waals surface area (Å²) in [5.41, 5.74) is 6.47. The lowest BCUT2D eigenvalue weighted by Gasteiger charge is -2.28. The second-order valence-corrected chi connectivity index (χ2v) is 15.3. The molecule has 0 spiro atoms. The number of likely N-dealkylation sites (tertiary alicyclic amines) is 2. The largest absolute Gasteiger partial charge is 0.507 e. The number of aryl methyl sites for hydroxylation is 1. The number of aromatic hydroxyl groups is 1. The Kier molecular flexibility index (Phi) is 9.95. The van der Waals surface area contributed by atoms with Gasteiger partial charge in [0.1, 0.15) is 5.75 Å². The fourth-order valence-corrected chi connectivity index (χ4v) is 7.16. The van der Waals surface area contributed by atoms with E-state index in [9.17, 15) is 14.7 Å². The van der Waals surface area contributed by atoms with Gasteiger partial charge in [0.2, 0.25) is 11.8 Å². The summed E-state index contributed by atoms with van der Waals surface area (Å²) in [6, 6.07) is 19.6. The van der Waals surface area contributed by atoms with Gasteiger partial charge in [-0.25, -0.2) is 0 Å². The molecule has 0 aromatic heterocycles. The molecule has 246 valence electrons. The van der Waals surface area contributed by atoms with Crippen LogP contribution in [-0.2, 0) is 33.5 Å². The van der Waals surface area contributed by atoms with Crippen LogP contribution in [0.2, 0.25) is 0 Å². The van der Waals surface area contributed by atoms with Crippen LogP contribution in [-0.4, -0.2) is 51.9 Å². The number of anilines is 2. The van der Waals surface area contributed by atoms with Crippen molar-refractivity contribution in [3.63, 3.8) is 0 Å². The number of carbonyl (C=O) groups is 2. The van der Waals surface area contributed by atoms with E-state index in [-0.39, 0.29) is 40.5 Å². The van der Waals surface area contributed by atoms with E-state index in [0.29, 0.717) is 13.1 Å². The van der Waals surface area contributed by atoms with E-state index in [4.69, 9.17) is 0 Å². The lowest BCUT2D eigenvalue weighted by Crippen LogP contribution is -2.40. The molecule has 2 atom stereocenters. The van der Waals surface area contributed by atoms with Crippen molar-refractivity contribution in [2.75, 3.05) is 23.7 Å². The molecule has 0 bridgehead atoms. The molecule has 2 amide bonds. The molecule has 2 heterocycles. The van der Waals surface area contributed by atoms with Crippen molar-refractivity contribution in [3.8, 4) is 5.75 Å². The van der Waals surface area contributed by atoms with Crippen LogP contribution in [0.5, 0.6) is 5.75 Å². The summed E-state index contributed by atoms with van der Waals surface area (Å²) < 4.78 is 0. The quantitative estimate of drug-likeness (QED) is 0.242. The van der Waals surface area contributed by atoms with E-state index in [1.807, 2.05) is 55.5 Å². The number of nitrogens with one attached hydrogen (secondary N) is 2. The second-order valence-electron chi connectivity index (χ2n) is 15.3. The molecular weight excluding hydrogens is 572 g/mol. The van der Waals surface area contributed by atoms with Crippen LogP contribution in [0.15, 0.2) is 60.7 Å². The summed E-state index contributed by atoms with van der Waals surface area (Å²) in [6.45, 7) is 17.5. The summed E-state index contributed by atoms with van der Waals surface area (Å²) in [6.07, 6.45) is 3.43. The van der Waals surface area contributed by atoms with Gasteiger partial charge in [-0.1, -0.05) is 95.6 Å². The van der Waals surface area contributed by atoms with Crippen molar-refractivity contribution in [1.82, 2.24) is 9.80 Å². The molecule has 0 saturated carbocycles. The van der Waals surface area contributed by atoms with Crippen molar-refractivity contribution in [3.05, 3.63) is 88.5 Å². The normalized spacial score (nSPS) is 19.4. The first-order valence-electron chi connectivity index (χ1n) is 16.8. The number of hydrogen-bond donors (Lipinski definition) is 3. The summed E-state index contributed by atoms with van der Waals surface area (Å²) in [7, 11) is 0. The zero-order chi connectivity index (χ0) is 33.2. The highest BCUT2D eigenvalue weighted by Crippen LogP contribution is 2.34. The molecule has 46 heavy (non-hydrogen) atoms. The maximum atomic E-state index is 13.6. The third-order valence-electron chi connectivity index (χ3n) is 9.48. The van der Waals surface area contributed by atoms with Crippen molar-refractivity contribution in [1.29, 1.82) is 0 Å². The Morgan fingerprint density at radius 1 is 0.717 bits per heavy atom. The van der Waals surface area contributed by atoms with Crippen molar-refractivity contribution < 1.29 is 14.7 Å². The van der Waals surface area contributed by atoms with Gasteiger partial charge in [-0.15, -0.1) is 0 Å². The molecule has 2 aliphatic heterocycles. The van der Waals surface area contributed by atoms with Gasteiger partial charge in [-0.3, -0.25) is 19.4 Å². The molecule has 3 aromatic rings. The van der Waals surface area contributed by atoms with Crippen LogP contribution in [0.1, 0.15) is 95.0 Å². The predicted molar refractivity (Wildman–Crippen MR) is 187 cm³/mol. The SMILES string of the molecule is Cc1cc(CN2CCC[C@H]2C(=O)Nc2ccccc2C(C)(C)C)c(O)c(CN2CCC[C@H]2C(=O)Nc2ccccc2C(C)(C)C)c1. The standard InChI is InChI=1S/C39H52N4O3/c1-26-22-27(24-42-20-12-18-33(42)36(45)40-31-16-10-8-14-29(31)38(2,3)4)35(44)28(23-26)25-43-21-13-19-34(43)37(46)41-32-17-11-9-15-30(32)39(5,6)7/h8-11,14-17,22-23,33-34,44H,12-13,18-21,24-25H2,1-7H3,(H,40,45)(H,41,46)/t33-,34-/m0/s1. The average Bonchev–Trinajstić information content (AvgIpc) is 3.65. The molecule has 0 unspecified atom stereocenters. The lowest BCUT2D eigenvalue weighted by atomic mass is 9.86. The molecule has 7 heteroatoms. The number of nitrogens with zero attached hydrogens (tertiary/aromatic N) is 2. The Morgan fingerprint density at radius 2 is 1.11 bits per heavy atom. The highest BCUT2D eigenvalue weighted by atomic mass is 16.3. The minimum atomic E-state index is -0.265. The van der Waals surface area contributed by atoms with Crippen molar-refractivity contribution in [2.24, 2.45) is 0 Å². The average molecular weight is 625 g/mol. The van der Waals surface area contributed by atoms with Crippen LogP contribution >= 0.6 is 0 Å².